The molecular formula is C17H18BrNO2. The van der Waals surface area contributed by atoms with Crippen molar-refractivity contribution in [3.63, 3.8) is 0 Å². The number of aryl methyl sites for hydroxylation is 3. The number of nitrogens with one attached hydrogen (secondary N) is 1. The molecule has 2 aromatic carbocycles. The average Bonchev–Trinajstić information content (AvgIpc) is 2.41. The number of carbonyl (C=O) groups is 1. The molecule has 2 rings (SSSR count). The Morgan fingerprint density at radius 2 is 1.81 bits per heavy atom. The highest BCUT2D eigenvalue weighted by Crippen LogP contribution is 2.22. The summed E-state index contributed by atoms with van der Waals surface area (Å²) in [7, 11) is 0. The van der Waals surface area contributed by atoms with Crippen LogP contribution in [-0.4, -0.2) is 12.5 Å². The van der Waals surface area contributed by atoms with Gasteiger partial charge in [-0.2, -0.15) is 0 Å². The van der Waals surface area contributed by atoms with Crippen LogP contribution in [0.3, 0.4) is 0 Å². The second kappa shape index (κ2) is 6.76. The lowest BCUT2D eigenvalue weighted by Gasteiger charge is -2.12. The molecule has 21 heavy (non-hydrogen) atoms. The van der Waals surface area contributed by atoms with Gasteiger partial charge in [-0.3, -0.25) is 4.79 Å². The molecule has 2 aromatic rings. The van der Waals surface area contributed by atoms with Gasteiger partial charge in [0.25, 0.3) is 5.91 Å². The topological polar surface area (TPSA) is 38.3 Å². The van der Waals surface area contributed by atoms with E-state index in [4.69, 9.17) is 4.74 Å². The van der Waals surface area contributed by atoms with Crippen molar-refractivity contribution >= 4 is 27.5 Å². The molecule has 0 aliphatic heterocycles. The maximum absolute atomic E-state index is 11.9. The first-order valence-corrected chi connectivity index (χ1v) is 7.51. The zero-order valence-corrected chi connectivity index (χ0v) is 14.0. The molecule has 0 aliphatic rings. The normalized spacial score (nSPS) is 10.3. The third-order valence-corrected chi connectivity index (χ3v) is 3.75. The molecule has 1 N–H and O–H groups in total. The van der Waals surface area contributed by atoms with Crippen molar-refractivity contribution in [2.45, 2.75) is 20.8 Å². The molecule has 4 heteroatoms. The van der Waals surface area contributed by atoms with Crippen LogP contribution < -0.4 is 10.1 Å². The average molecular weight is 348 g/mol. The van der Waals surface area contributed by atoms with Gasteiger partial charge in [0, 0.05) is 10.2 Å². The van der Waals surface area contributed by atoms with Gasteiger partial charge in [0.2, 0.25) is 0 Å². The maximum atomic E-state index is 11.9. The van der Waals surface area contributed by atoms with E-state index in [-0.39, 0.29) is 12.5 Å². The molecule has 0 spiro atoms. The Labute approximate surface area is 133 Å². The number of carbonyl (C=O) groups excluding carboxylic acids is 1. The van der Waals surface area contributed by atoms with Gasteiger partial charge in [-0.25, -0.2) is 0 Å². The van der Waals surface area contributed by atoms with Crippen LogP contribution in [0, 0.1) is 20.8 Å². The molecule has 0 saturated carbocycles. The lowest BCUT2D eigenvalue weighted by atomic mass is 10.1. The first-order chi connectivity index (χ1) is 9.95. The summed E-state index contributed by atoms with van der Waals surface area (Å²) in [6.07, 6.45) is 0. The van der Waals surface area contributed by atoms with E-state index in [2.05, 4.69) is 34.2 Å². The predicted molar refractivity (Wildman–Crippen MR) is 88.9 cm³/mol. The van der Waals surface area contributed by atoms with Crippen molar-refractivity contribution in [2.75, 3.05) is 11.9 Å². The Morgan fingerprint density at radius 1 is 1.10 bits per heavy atom. The third-order valence-electron chi connectivity index (χ3n) is 3.26. The lowest BCUT2D eigenvalue weighted by Crippen LogP contribution is -2.20. The number of anilines is 1. The van der Waals surface area contributed by atoms with Crippen LogP contribution in [-0.2, 0) is 4.79 Å². The quantitative estimate of drug-likeness (QED) is 0.890. The van der Waals surface area contributed by atoms with Crippen LogP contribution in [0.2, 0.25) is 0 Å². The molecule has 0 fully saturated rings. The highest BCUT2D eigenvalue weighted by molar-refractivity contribution is 9.10. The second-order valence-electron chi connectivity index (χ2n) is 5.05. The van der Waals surface area contributed by atoms with Crippen LogP contribution in [0.4, 0.5) is 5.69 Å². The van der Waals surface area contributed by atoms with Crippen LogP contribution in [0.1, 0.15) is 16.7 Å². The number of halogens is 1. The number of benzene rings is 2. The minimum Gasteiger partial charge on any atom is -0.483 e. The van der Waals surface area contributed by atoms with Crippen LogP contribution in [0.5, 0.6) is 5.75 Å². The molecule has 0 heterocycles. The van der Waals surface area contributed by atoms with Gasteiger partial charge >= 0.3 is 0 Å². The summed E-state index contributed by atoms with van der Waals surface area (Å²) in [4.78, 5) is 11.9. The molecule has 110 valence electrons. The summed E-state index contributed by atoms with van der Waals surface area (Å²) >= 11 is 3.37. The highest BCUT2D eigenvalue weighted by Gasteiger charge is 2.07. The zero-order chi connectivity index (χ0) is 15.4. The maximum Gasteiger partial charge on any atom is 0.262 e. The Morgan fingerprint density at radius 3 is 2.52 bits per heavy atom. The number of hydrogen-bond acceptors (Lipinski definition) is 2. The van der Waals surface area contributed by atoms with Crippen molar-refractivity contribution in [1.29, 1.82) is 0 Å². The Hall–Kier alpha value is -1.81. The summed E-state index contributed by atoms with van der Waals surface area (Å²) in [6.45, 7) is 6.07. The summed E-state index contributed by atoms with van der Waals surface area (Å²) in [5.41, 5.74) is 4.16. The van der Waals surface area contributed by atoms with Gasteiger partial charge in [-0.15, -0.1) is 0 Å². The van der Waals surface area contributed by atoms with Crippen LogP contribution in [0.25, 0.3) is 0 Å². The molecule has 0 radical (unpaired) electrons. The van der Waals surface area contributed by atoms with Gasteiger partial charge in [0.15, 0.2) is 6.61 Å². The van der Waals surface area contributed by atoms with Gasteiger partial charge in [0.1, 0.15) is 5.75 Å². The fourth-order valence-corrected chi connectivity index (χ4v) is 2.40. The Bertz CT molecular complexity index is 668. The first-order valence-electron chi connectivity index (χ1n) is 6.72. The zero-order valence-electron chi connectivity index (χ0n) is 12.4. The molecule has 0 atom stereocenters. The van der Waals surface area contributed by atoms with Crippen molar-refractivity contribution < 1.29 is 9.53 Å². The standard InChI is InChI=1S/C17H18BrNO2/c1-11-7-13(3)16(8-12(11)2)21-10-17(20)19-15-6-4-5-14(18)9-15/h4-9H,10H2,1-3H3,(H,19,20). The summed E-state index contributed by atoms with van der Waals surface area (Å²) in [5, 5.41) is 2.80. The van der Waals surface area contributed by atoms with Crippen LogP contribution >= 0.6 is 15.9 Å². The van der Waals surface area contributed by atoms with E-state index in [0.717, 1.165) is 27.0 Å². The van der Waals surface area contributed by atoms with Crippen molar-refractivity contribution in [3.8, 4) is 5.75 Å². The molecule has 0 aliphatic carbocycles. The van der Waals surface area contributed by atoms with E-state index in [1.165, 1.54) is 5.56 Å². The minimum absolute atomic E-state index is 0.00411. The predicted octanol–water partition coefficient (Wildman–Crippen LogP) is 4.39. The van der Waals surface area contributed by atoms with Gasteiger partial charge in [-0.1, -0.05) is 28.1 Å². The third kappa shape index (κ3) is 4.33. The lowest BCUT2D eigenvalue weighted by molar-refractivity contribution is -0.118. The summed E-state index contributed by atoms with van der Waals surface area (Å²) in [5.74, 6) is 0.577. The molecule has 0 bridgehead atoms. The van der Waals surface area contributed by atoms with Gasteiger partial charge in [-0.05, 0) is 61.7 Å². The van der Waals surface area contributed by atoms with Gasteiger partial charge < -0.3 is 10.1 Å². The van der Waals surface area contributed by atoms with E-state index in [1.54, 1.807) is 0 Å². The smallest absolute Gasteiger partial charge is 0.262 e. The van der Waals surface area contributed by atoms with E-state index in [9.17, 15) is 4.79 Å². The highest BCUT2D eigenvalue weighted by atomic mass is 79.9. The summed E-state index contributed by atoms with van der Waals surface area (Å²) in [6, 6.07) is 11.5. The fourth-order valence-electron chi connectivity index (χ4n) is 2.00. The number of amides is 1. The minimum atomic E-state index is -0.175. The number of hydrogen-bond donors (Lipinski definition) is 1. The van der Waals surface area contributed by atoms with Crippen LogP contribution in [0.15, 0.2) is 40.9 Å². The first kappa shape index (κ1) is 15.6. The monoisotopic (exact) mass is 347 g/mol. The van der Waals surface area contributed by atoms with Gasteiger partial charge in [0.05, 0.1) is 0 Å². The molecular weight excluding hydrogens is 330 g/mol. The van der Waals surface area contributed by atoms with E-state index < -0.39 is 0 Å². The fraction of sp³-hybridized carbons (Fsp3) is 0.235. The van der Waals surface area contributed by atoms with E-state index >= 15 is 0 Å². The van der Waals surface area contributed by atoms with Crippen molar-refractivity contribution in [3.05, 3.63) is 57.6 Å². The van der Waals surface area contributed by atoms with Crippen molar-refractivity contribution in [2.24, 2.45) is 0 Å². The Kier molecular flexibility index (Phi) is 5.02. The molecule has 0 unspecified atom stereocenters. The molecule has 0 aromatic heterocycles. The van der Waals surface area contributed by atoms with Crippen molar-refractivity contribution in [1.82, 2.24) is 0 Å². The number of ether oxygens (including phenoxy) is 1. The summed E-state index contributed by atoms with van der Waals surface area (Å²) < 4.78 is 6.54. The largest absolute Gasteiger partial charge is 0.483 e. The Balaban J connectivity index is 1.97. The molecule has 1 amide bonds. The molecule has 3 nitrogen and oxygen atoms in total. The molecule has 0 saturated heterocycles. The second-order valence-corrected chi connectivity index (χ2v) is 5.96. The van der Waals surface area contributed by atoms with E-state index in [0.29, 0.717) is 0 Å². The van der Waals surface area contributed by atoms with E-state index in [1.807, 2.05) is 44.2 Å². The SMILES string of the molecule is Cc1cc(C)c(OCC(=O)Nc2cccc(Br)c2)cc1C. The number of rotatable bonds is 4.